The fraction of sp³-hybridized carbons (Fsp3) is 0.467. The predicted octanol–water partition coefficient (Wildman–Crippen LogP) is 1.89. The monoisotopic (exact) mass is 364 g/mol. The van der Waals surface area contributed by atoms with Crippen molar-refractivity contribution in [1.29, 1.82) is 0 Å². The van der Waals surface area contributed by atoms with E-state index < -0.39 is 6.61 Å². The van der Waals surface area contributed by atoms with E-state index in [9.17, 15) is 8.78 Å². The number of halogens is 2. The molecular weight excluding hydrogens is 346 g/mol. The molecule has 1 aliphatic heterocycles. The van der Waals surface area contributed by atoms with Gasteiger partial charge in [-0.15, -0.1) is 5.10 Å². The summed E-state index contributed by atoms with van der Waals surface area (Å²) >= 11 is 0. The van der Waals surface area contributed by atoms with Crippen LogP contribution in [0.4, 0.5) is 20.4 Å². The van der Waals surface area contributed by atoms with Crippen LogP contribution < -0.4 is 15.4 Å². The summed E-state index contributed by atoms with van der Waals surface area (Å²) in [7, 11) is 0. The van der Waals surface area contributed by atoms with Crippen LogP contribution in [0.2, 0.25) is 0 Å². The molecule has 1 unspecified atom stereocenters. The fourth-order valence-electron chi connectivity index (χ4n) is 3.02. The molecule has 26 heavy (non-hydrogen) atoms. The molecule has 3 aromatic heterocycles. The number of fused-ring (bicyclic) bond motifs is 1. The average Bonchev–Trinajstić information content (AvgIpc) is 3.22. The van der Waals surface area contributed by atoms with Gasteiger partial charge in [0.25, 0.3) is 0 Å². The Bertz CT molecular complexity index is 874. The Balaban J connectivity index is 1.51. The van der Waals surface area contributed by atoms with E-state index in [-0.39, 0.29) is 5.88 Å². The molecule has 0 amide bonds. The van der Waals surface area contributed by atoms with Crippen molar-refractivity contribution in [2.24, 2.45) is 5.92 Å². The molecular formula is C15H18F2N8O. The maximum atomic E-state index is 12.2. The molecule has 4 heterocycles. The molecule has 3 N–H and O–H groups in total. The van der Waals surface area contributed by atoms with Gasteiger partial charge in [-0.25, -0.2) is 14.6 Å². The largest absolute Gasteiger partial charge is 0.415 e. The van der Waals surface area contributed by atoms with Crippen LogP contribution in [-0.2, 0) is 6.54 Å². The molecule has 1 aliphatic rings. The molecule has 0 bridgehead atoms. The number of nitrogens with zero attached hydrogens (tertiary/aromatic N) is 5. The number of aromatic amines is 1. The second kappa shape index (κ2) is 7.20. The number of H-pyrrole nitrogens is 1. The number of anilines is 2. The van der Waals surface area contributed by atoms with Crippen molar-refractivity contribution < 1.29 is 13.5 Å². The zero-order chi connectivity index (χ0) is 17.9. The van der Waals surface area contributed by atoms with Gasteiger partial charge in [0.05, 0.1) is 12.4 Å². The molecule has 0 saturated carbocycles. The molecule has 0 spiro atoms. The van der Waals surface area contributed by atoms with E-state index in [1.165, 1.54) is 6.07 Å². The second-order valence-electron chi connectivity index (χ2n) is 6.13. The number of ether oxygens (including phenoxy) is 1. The third kappa shape index (κ3) is 3.72. The van der Waals surface area contributed by atoms with Gasteiger partial charge in [-0.3, -0.25) is 5.10 Å². The summed E-state index contributed by atoms with van der Waals surface area (Å²) in [4.78, 5) is 8.87. The summed E-state index contributed by atoms with van der Waals surface area (Å²) in [6.45, 7) is -0.129. The van der Waals surface area contributed by atoms with Crippen LogP contribution >= 0.6 is 0 Å². The van der Waals surface area contributed by atoms with Crippen molar-refractivity contribution in [2.75, 3.05) is 18.4 Å². The minimum Gasteiger partial charge on any atom is -0.415 e. The number of rotatable bonds is 6. The van der Waals surface area contributed by atoms with Gasteiger partial charge in [-0.1, -0.05) is 0 Å². The molecule has 4 rings (SSSR count). The smallest absolute Gasteiger partial charge is 0.388 e. The number of aromatic nitrogens is 6. The highest BCUT2D eigenvalue weighted by molar-refractivity contribution is 5.71. The number of alkyl halides is 2. The number of hydrogen-bond acceptors (Lipinski definition) is 7. The van der Waals surface area contributed by atoms with Crippen LogP contribution in [0.25, 0.3) is 11.2 Å². The molecule has 1 saturated heterocycles. The Morgan fingerprint density at radius 3 is 3.12 bits per heavy atom. The SMILES string of the molecule is FC(F)Oc1cc(Nc2cnc3cnn(CC4CCCNC4)c3n2)[nH]n1. The normalized spacial score (nSPS) is 17.7. The van der Waals surface area contributed by atoms with E-state index in [2.05, 4.69) is 40.6 Å². The minimum absolute atomic E-state index is 0.202. The van der Waals surface area contributed by atoms with Crippen LogP contribution in [0.5, 0.6) is 5.88 Å². The van der Waals surface area contributed by atoms with Gasteiger partial charge in [0.1, 0.15) is 11.3 Å². The average molecular weight is 364 g/mol. The standard InChI is InChI=1S/C15H18F2N8O/c16-15(17)26-13-4-11(23-24-13)21-12-7-19-10-6-20-25(14(10)22-12)8-9-2-1-3-18-5-9/h4,6-7,9,15,18H,1-3,5,8H2,(H2,21,22,23,24). The Morgan fingerprint density at radius 1 is 1.38 bits per heavy atom. The number of nitrogens with one attached hydrogen (secondary N) is 3. The Labute approximate surface area is 147 Å². The molecule has 138 valence electrons. The Hall–Kier alpha value is -2.82. The Kier molecular flexibility index (Phi) is 4.61. The van der Waals surface area contributed by atoms with Crippen molar-refractivity contribution >= 4 is 22.8 Å². The lowest BCUT2D eigenvalue weighted by atomic mass is 10.00. The topological polar surface area (TPSA) is 106 Å². The maximum absolute atomic E-state index is 12.2. The summed E-state index contributed by atoms with van der Waals surface area (Å²) in [5, 5.41) is 16.9. The lowest BCUT2D eigenvalue weighted by Gasteiger charge is -2.22. The van der Waals surface area contributed by atoms with Gasteiger partial charge >= 0.3 is 6.61 Å². The zero-order valence-corrected chi connectivity index (χ0v) is 13.8. The summed E-state index contributed by atoms with van der Waals surface area (Å²) in [5.74, 6) is 1.13. The third-order valence-corrected chi connectivity index (χ3v) is 4.20. The zero-order valence-electron chi connectivity index (χ0n) is 13.8. The van der Waals surface area contributed by atoms with Gasteiger partial charge in [0.2, 0.25) is 5.88 Å². The molecule has 0 radical (unpaired) electrons. The summed E-state index contributed by atoms with van der Waals surface area (Å²) in [6.07, 6.45) is 5.55. The highest BCUT2D eigenvalue weighted by Crippen LogP contribution is 2.20. The second-order valence-corrected chi connectivity index (χ2v) is 6.13. The van der Waals surface area contributed by atoms with Crippen molar-refractivity contribution in [1.82, 2.24) is 35.3 Å². The summed E-state index contributed by atoms with van der Waals surface area (Å²) in [5.41, 5.74) is 1.37. The molecule has 3 aromatic rings. The van der Waals surface area contributed by atoms with Crippen LogP contribution in [-0.4, -0.2) is 49.6 Å². The van der Waals surface area contributed by atoms with Crippen molar-refractivity contribution in [2.45, 2.75) is 26.0 Å². The highest BCUT2D eigenvalue weighted by atomic mass is 19.3. The molecule has 1 fully saturated rings. The van der Waals surface area contributed by atoms with Gasteiger partial charge in [0.15, 0.2) is 11.5 Å². The van der Waals surface area contributed by atoms with Crippen LogP contribution in [0.1, 0.15) is 12.8 Å². The quantitative estimate of drug-likeness (QED) is 0.613. The van der Waals surface area contributed by atoms with Gasteiger partial charge in [-0.2, -0.15) is 13.9 Å². The van der Waals surface area contributed by atoms with Crippen molar-refractivity contribution in [3.05, 3.63) is 18.5 Å². The first-order chi connectivity index (χ1) is 12.7. The van der Waals surface area contributed by atoms with Crippen LogP contribution in [0.15, 0.2) is 18.5 Å². The molecule has 0 aliphatic carbocycles. The van der Waals surface area contributed by atoms with E-state index in [0.29, 0.717) is 28.7 Å². The predicted molar refractivity (Wildman–Crippen MR) is 89.4 cm³/mol. The van der Waals surface area contributed by atoms with Crippen LogP contribution in [0, 0.1) is 5.92 Å². The van der Waals surface area contributed by atoms with Crippen molar-refractivity contribution in [3.63, 3.8) is 0 Å². The highest BCUT2D eigenvalue weighted by Gasteiger charge is 2.16. The van der Waals surface area contributed by atoms with E-state index >= 15 is 0 Å². The third-order valence-electron chi connectivity index (χ3n) is 4.20. The fourth-order valence-corrected chi connectivity index (χ4v) is 3.02. The van der Waals surface area contributed by atoms with Gasteiger partial charge in [-0.05, 0) is 31.8 Å². The van der Waals surface area contributed by atoms with Crippen molar-refractivity contribution in [3.8, 4) is 5.88 Å². The summed E-state index contributed by atoms with van der Waals surface area (Å²) < 4.78 is 30.5. The van der Waals surface area contributed by atoms with Gasteiger partial charge in [0, 0.05) is 12.6 Å². The van der Waals surface area contributed by atoms with Crippen LogP contribution in [0.3, 0.4) is 0 Å². The van der Waals surface area contributed by atoms with E-state index in [1.807, 2.05) is 4.68 Å². The Morgan fingerprint density at radius 2 is 2.31 bits per heavy atom. The van der Waals surface area contributed by atoms with E-state index in [1.54, 1.807) is 12.4 Å². The maximum Gasteiger partial charge on any atom is 0.388 e. The van der Waals surface area contributed by atoms with E-state index in [4.69, 9.17) is 0 Å². The lowest BCUT2D eigenvalue weighted by Crippen LogP contribution is -2.32. The lowest BCUT2D eigenvalue weighted by molar-refractivity contribution is -0.0528. The number of hydrogen-bond donors (Lipinski definition) is 3. The molecule has 0 aromatic carbocycles. The first-order valence-corrected chi connectivity index (χ1v) is 8.34. The number of piperidine rings is 1. The van der Waals surface area contributed by atoms with E-state index in [0.717, 1.165) is 32.5 Å². The first-order valence-electron chi connectivity index (χ1n) is 8.34. The minimum atomic E-state index is -2.93. The summed E-state index contributed by atoms with van der Waals surface area (Å²) in [6, 6.07) is 1.32. The van der Waals surface area contributed by atoms with Gasteiger partial charge < -0.3 is 15.4 Å². The molecule has 9 nitrogen and oxygen atoms in total. The first kappa shape index (κ1) is 16.6. The molecule has 1 atom stereocenters. The molecule has 11 heteroatoms.